The van der Waals surface area contributed by atoms with Gasteiger partial charge in [0.15, 0.2) is 5.78 Å². The van der Waals surface area contributed by atoms with Gasteiger partial charge < -0.3 is 20.3 Å². The molecule has 1 unspecified atom stereocenters. The van der Waals surface area contributed by atoms with Crippen LogP contribution in [0.15, 0.2) is 36.4 Å². The molecule has 1 fully saturated rings. The summed E-state index contributed by atoms with van der Waals surface area (Å²) in [7, 11) is 0. The fourth-order valence-electron chi connectivity index (χ4n) is 3.87. The Balaban J connectivity index is 1.64. The van der Waals surface area contributed by atoms with Crippen LogP contribution in [0.2, 0.25) is 10.0 Å². The van der Waals surface area contributed by atoms with Crippen molar-refractivity contribution >= 4 is 46.8 Å². The second-order valence-electron chi connectivity index (χ2n) is 8.13. The molecule has 0 aliphatic heterocycles. The molecule has 0 radical (unpaired) electrons. The van der Waals surface area contributed by atoms with E-state index in [1.54, 1.807) is 0 Å². The van der Waals surface area contributed by atoms with Gasteiger partial charge in [0.2, 0.25) is 5.91 Å². The van der Waals surface area contributed by atoms with E-state index < -0.39 is 47.5 Å². The van der Waals surface area contributed by atoms with Crippen LogP contribution in [0.25, 0.3) is 0 Å². The molecule has 1 saturated carbocycles. The predicted molar refractivity (Wildman–Crippen MR) is 124 cm³/mol. The van der Waals surface area contributed by atoms with Crippen LogP contribution in [0, 0.1) is 11.7 Å². The van der Waals surface area contributed by atoms with Crippen LogP contribution < -0.4 is 10.1 Å². The predicted octanol–water partition coefficient (Wildman–Crippen LogP) is 4.35. The van der Waals surface area contributed by atoms with E-state index in [9.17, 15) is 28.7 Å². The molecule has 0 bridgehead atoms. The first-order valence-electron chi connectivity index (χ1n) is 10.8. The van der Waals surface area contributed by atoms with Crippen LogP contribution in [0.5, 0.6) is 5.75 Å². The summed E-state index contributed by atoms with van der Waals surface area (Å²) < 4.78 is 19.9. The van der Waals surface area contributed by atoms with Crippen molar-refractivity contribution < 1.29 is 38.5 Å². The molecular formula is C24H22Cl2FNO7. The quantitative estimate of drug-likeness (QED) is 0.393. The number of carboxylic acids is 2. The van der Waals surface area contributed by atoms with Crippen LogP contribution in [0.1, 0.15) is 48.0 Å². The Morgan fingerprint density at radius 1 is 1.03 bits per heavy atom. The van der Waals surface area contributed by atoms with Gasteiger partial charge in [-0.05, 0) is 49.9 Å². The third kappa shape index (κ3) is 6.49. The average molecular weight is 526 g/mol. The van der Waals surface area contributed by atoms with Gasteiger partial charge in [0.05, 0.1) is 16.7 Å². The van der Waals surface area contributed by atoms with Gasteiger partial charge in [-0.15, -0.1) is 0 Å². The van der Waals surface area contributed by atoms with E-state index in [-0.39, 0.29) is 46.2 Å². The van der Waals surface area contributed by atoms with Crippen LogP contribution in [-0.2, 0) is 14.4 Å². The van der Waals surface area contributed by atoms with Gasteiger partial charge in [-0.3, -0.25) is 14.4 Å². The number of amides is 1. The summed E-state index contributed by atoms with van der Waals surface area (Å²) in [5, 5.41) is 20.2. The molecule has 3 rings (SSSR count). The van der Waals surface area contributed by atoms with Crippen LogP contribution in [-0.4, -0.2) is 46.0 Å². The number of carboxylic acid groups (broad SMARTS) is 2. The minimum Gasteiger partial charge on any atom is -0.489 e. The molecule has 3 atom stereocenters. The molecule has 11 heteroatoms. The molecule has 2 aromatic carbocycles. The van der Waals surface area contributed by atoms with Gasteiger partial charge in [-0.25, -0.2) is 9.18 Å². The second-order valence-corrected chi connectivity index (χ2v) is 8.89. The minimum atomic E-state index is -1.31. The third-order valence-corrected chi connectivity index (χ3v) is 6.58. The fourth-order valence-corrected chi connectivity index (χ4v) is 4.32. The zero-order chi connectivity index (χ0) is 25.7. The number of carbonyl (C=O) groups is 4. The number of halogens is 3. The summed E-state index contributed by atoms with van der Waals surface area (Å²) in [6, 6.07) is 7.03. The van der Waals surface area contributed by atoms with E-state index >= 15 is 0 Å². The van der Waals surface area contributed by atoms with E-state index in [4.69, 9.17) is 33.0 Å². The molecule has 0 spiro atoms. The number of ketones is 1. The topological polar surface area (TPSA) is 130 Å². The number of benzene rings is 2. The Kier molecular flexibility index (Phi) is 8.69. The highest BCUT2D eigenvalue weighted by Gasteiger charge is 2.34. The Bertz CT molecular complexity index is 1160. The van der Waals surface area contributed by atoms with Crippen LogP contribution in [0.3, 0.4) is 0 Å². The second kappa shape index (κ2) is 11.5. The van der Waals surface area contributed by atoms with Crippen molar-refractivity contribution in [2.45, 2.75) is 44.2 Å². The maximum absolute atomic E-state index is 14.0. The number of rotatable bonds is 10. The smallest absolute Gasteiger partial charge is 0.326 e. The summed E-state index contributed by atoms with van der Waals surface area (Å²) in [5.41, 5.74) is -0.134. The summed E-state index contributed by atoms with van der Waals surface area (Å²) in [5.74, 6) is -4.61. The molecule has 35 heavy (non-hydrogen) atoms. The monoisotopic (exact) mass is 525 g/mol. The molecule has 0 saturated heterocycles. The Labute approximate surface area is 210 Å². The van der Waals surface area contributed by atoms with Gasteiger partial charge in [0.1, 0.15) is 22.6 Å². The van der Waals surface area contributed by atoms with Crippen molar-refractivity contribution in [3.05, 3.63) is 63.4 Å². The molecule has 0 heterocycles. The SMILES string of the molecule is O=C(O)CCC(NC(=O)[C@H]1CC[C@H](Oc2ccc(C(=O)c3ccccc3F)c(Cl)c2Cl)C1)C(=O)O. The van der Waals surface area contributed by atoms with Crippen LogP contribution in [0.4, 0.5) is 4.39 Å². The number of hydrogen-bond acceptors (Lipinski definition) is 5. The first kappa shape index (κ1) is 26.4. The molecule has 186 valence electrons. The van der Waals surface area contributed by atoms with Gasteiger partial charge in [0.25, 0.3) is 0 Å². The Morgan fingerprint density at radius 2 is 1.74 bits per heavy atom. The van der Waals surface area contributed by atoms with E-state index in [1.165, 1.54) is 30.3 Å². The van der Waals surface area contributed by atoms with Gasteiger partial charge in [0, 0.05) is 17.9 Å². The van der Waals surface area contributed by atoms with Gasteiger partial charge in [-0.1, -0.05) is 35.3 Å². The molecule has 1 aliphatic carbocycles. The Hall–Kier alpha value is -3.17. The lowest BCUT2D eigenvalue weighted by atomic mass is 10.0. The lowest BCUT2D eigenvalue weighted by Gasteiger charge is -2.18. The van der Waals surface area contributed by atoms with Crippen molar-refractivity contribution in [1.82, 2.24) is 5.32 Å². The summed E-state index contributed by atoms with van der Waals surface area (Å²) >= 11 is 12.6. The normalized spacial score (nSPS) is 18.0. The zero-order valence-electron chi connectivity index (χ0n) is 18.3. The third-order valence-electron chi connectivity index (χ3n) is 5.72. The zero-order valence-corrected chi connectivity index (χ0v) is 19.8. The molecule has 2 aromatic rings. The number of hydrogen-bond donors (Lipinski definition) is 3. The first-order valence-corrected chi connectivity index (χ1v) is 11.5. The number of ether oxygens (including phenoxy) is 1. The standard InChI is InChI=1S/C24H22Cl2FNO7/c25-20-15(22(31)14-3-1-2-4-16(14)27)7-9-18(21(20)26)35-13-6-5-12(11-13)23(32)28-17(24(33)34)8-10-19(29)30/h1-4,7,9,12-13,17H,5-6,8,10-11H2,(H,28,32)(H,29,30)(H,33,34)/t12-,13-,17?/m0/s1. The van der Waals surface area contributed by atoms with E-state index in [1.807, 2.05) is 0 Å². The maximum atomic E-state index is 14.0. The molecule has 1 aliphatic rings. The number of carbonyl (C=O) groups excluding carboxylic acids is 2. The highest BCUT2D eigenvalue weighted by Crippen LogP contribution is 2.38. The van der Waals surface area contributed by atoms with Crippen molar-refractivity contribution in [2.24, 2.45) is 5.92 Å². The number of aliphatic carboxylic acids is 2. The molecule has 0 aromatic heterocycles. The van der Waals surface area contributed by atoms with Gasteiger partial charge in [-0.2, -0.15) is 0 Å². The largest absolute Gasteiger partial charge is 0.489 e. The Morgan fingerprint density at radius 3 is 2.40 bits per heavy atom. The van der Waals surface area contributed by atoms with E-state index in [0.717, 1.165) is 6.07 Å². The van der Waals surface area contributed by atoms with E-state index in [2.05, 4.69) is 5.32 Å². The van der Waals surface area contributed by atoms with E-state index in [0.29, 0.717) is 12.8 Å². The first-order chi connectivity index (χ1) is 16.6. The average Bonchev–Trinajstić information content (AvgIpc) is 3.28. The maximum Gasteiger partial charge on any atom is 0.326 e. The van der Waals surface area contributed by atoms with Crippen LogP contribution >= 0.6 is 23.2 Å². The van der Waals surface area contributed by atoms with Crippen molar-refractivity contribution in [2.75, 3.05) is 0 Å². The molecule has 1 amide bonds. The van der Waals surface area contributed by atoms with Crippen molar-refractivity contribution in [3.63, 3.8) is 0 Å². The molecule has 3 N–H and O–H groups in total. The lowest BCUT2D eigenvalue weighted by Crippen LogP contribution is -2.43. The minimum absolute atomic E-state index is 0.0128. The van der Waals surface area contributed by atoms with Crippen molar-refractivity contribution in [3.8, 4) is 5.75 Å². The number of nitrogens with one attached hydrogen (secondary N) is 1. The summed E-state index contributed by atoms with van der Waals surface area (Å²) in [4.78, 5) is 47.2. The summed E-state index contributed by atoms with van der Waals surface area (Å²) in [6.45, 7) is 0. The van der Waals surface area contributed by atoms with Crippen molar-refractivity contribution in [1.29, 1.82) is 0 Å². The highest BCUT2D eigenvalue weighted by molar-refractivity contribution is 6.45. The molecular weight excluding hydrogens is 504 g/mol. The summed E-state index contributed by atoms with van der Waals surface area (Å²) in [6.07, 6.45) is 0.152. The molecule has 8 nitrogen and oxygen atoms in total. The fraction of sp³-hybridized carbons (Fsp3) is 0.333. The highest BCUT2D eigenvalue weighted by atomic mass is 35.5. The lowest BCUT2D eigenvalue weighted by molar-refractivity contribution is -0.143. The van der Waals surface area contributed by atoms with Gasteiger partial charge >= 0.3 is 11.9 Å².